The molecule has 0 spiro atoms. The number of carbonyl (C=O) groups excluding carboxylic acids is 1. The first-order valence-electron chi connectivity index (χ1n) is 8.84. The van der Waals surface area contributed by atoms with Crippen molar-refractivity contribution in [2.75, 3.05) is 18.5 Å². The average molecular weight is 346 g/mol. The summed E-state index contributed by atoms with van der Waals surface area (Å²) in [6.07, 6.45) is 0.601. The van der Waals surface area contributed by atoms with Gasteiger partial charge < -0.3 is 14.8 Å². The predicted octanol–water partition coefficient (Wildman–Crippen LogP) is 4.37. The van der Waals surface area contributed by atoms with Crippen molar-refractivity contribution < 1.29 is 14.3 Å². The number of hydrogen-bond acceptors (Lipinski definition) is 4. The summed E-state index contributed by atoms with van der Waals surface area (Å²) in [4.78, 5) is 12.8. The monoisotopic (exact) mass is 346 g/mol. The van der Waals surface area contributed by atoms with Gasteiger partial charge in [-0.2, -0.15) is 5.26 Å². The number of amides is 1. The first-order valence-corrected chi connectivity index (χ1v) is 8.84. The summed E-state index contributed by atoms with van der Waals surface area (Å²) in [5.74, 6) is 1.09. The van der Waals surface area contributed by atoms with E-state index in [1.165, 1.54) is 0 Å². The molecule has 0 saturated carbocycles. The largest absolute Gasteiger partial charge is 0.493 e. The number of nitriles is 1. The molecule has 1 amide bonds. The summed E-state index contributed by atoms with van der Waals surface area (Å²) >= 11 is 0. The van der Waals surface area contributed by atoms with E-state index in [1.807, 2.05) is 20.8 Å². The Balaban J connectivity index is 2.96. The van der Waals surface area contributed by atoms with Crippen molar-refractivity contribution in [2.45, 2.75) is 53.6 Å². The zero-order valence-electron chi connectivity index (χ0n) is 16.2. The fourth-order valence-corrected chi connectivity index (χ4v) is 2.65. The third-order valence-corrected chi connectivity index (χ3v) is 3.68. The fourth-order valence-electron chi connectivity index (χ4n) is 2.65. The lowest BCUT2D eigenvalue weighted by Crippen LogP contribution is -2.44. The van der Waals surface area contributed by atoms with Crippen molar-refractivity contribution in [2.24, 2.45) is 11.8 Å². The molecular formula is C20H30N2O3. The van der Waals surface area contributed by atoms with Crippen LogP contribution in [0.2, 0.25) is 0 Å². The molecule has 0 saturated heterocycles. The van der Waals surface area contributed by atoms with Gasteiger partial charge in [-0.25, -0.2) is 0 Å². The van der Waals surface area contributed by atoms with Gasteiger partial charge >= 0.3 is 0 Å². The maximum absolute atomic E-state index is 12.8. The van der Waals surface area contributed by atoms with Gasteiger partial charge in [0.15, 0.2) is 0 Å². The minimum atomic E-state index is -0.928. The summed E-state index contributed by atoms with van der Waals surface area (Å²) < 4.78 is 11.4. The minimum absolute atomic E-state index is 0.240. The van der Waals surface area contributed by atoms with Crippen LogP contribution in [0.3, 0.4) is 0 Å². The highest BCUT2D eigenvalue weighted by atomic mass is 16.5. The molecule has 1 N–H and O–H groups in total. The van der Waals surface area contributed by atoms with Crippen molar-refractivity contribution >= 4 is 11.6 Å². The van der Waals surface area contributed by atoms with E-state index in [1.54, 1.807) is 25.1 Å². The lowest BCUT2D eigenvalue weighted by atomic mass is 9.93. The number of nitrogens with zero attached hydrogens (tertiary/aromatic N) is 1. The molecule has 1 aromatic carbocycles. The summed E-state index contributed by atoms with van der Waals surface area (Å²) in [5.41, 5.74) is -0.0836. The highest BCUT2D eigenvalue weighted by Gasteiger charge is 2.35. The number of ether oxygens (including phenoxy) is 2. The summed E-state index contributed by atoms with van der Waals surface area (Å²) in [7, 11) is 0. The number of anilines is 1. The number of nitrogens with one attached hydrogen (secondary N) is 1. The van der Waals surface area contributed by atoms with Crippen LogP contribution in [0.4, 0.5) is 5.69 Å². The Morgan fingerprint density at radius 1 is 1.28 bits per heavy atom. The number of benzene rings is 1. The Morgan fingerprint density at radius 3 is 2.48 bits per heavy atom. The van der Waals surface area contributed by atoms with Crippen molar-refractivity contribution in [1.29, 1.82) is 5.26 Å². The molecule has 0 aromatic heterocycles. The van der Waals surface area contributed by atoms with E-state index in [2.05, 4.69) is 25.2 Å². The van der Waals surface area contributed by atoms with Crippen molar-refractivity contribution in [3.05, 3.63) is 23.8 Å². The summed E-state index contributed by atoms with van der Waals surface area (Å²) in [5, 5.41) is 12.2. The van der Waals surface area contributed by atoms with Crippen LogP contribution in [0.15, 0.2) is 18.2 Å². The van der Waals surface area contributed by atoms with E-state index < -0.39 is 5.60 Å². The summed E-state index contributed by atoms with van der Waals surface area (Å²) in [6.45, 7) is 12.9. The SMILES string of the molecule is CCOC(C)(CC(C)C)C(=O)Nc1ccc(OCC(C)C)cc1C#N. The van der Waals surface area contributed by atoms with Crippen LogP contribution in [0.25, 0.3) is 0 Å². The van der Waals surface area contributed by atoms with Gasteiger partial charge in [-0.1, -0.05) is 27.7 Å². The third kappa shape index (κ3) is 6.39. The van der Waals surface area contributed by atoms with Crippen LogP contribution in [0.5, 0.6) is 5.75 Å². The highest BCUT2D eigenvalue weighted by molar-refractivity contribution is 5.98. The van der Waals surface area contributed by atoms with Crippen LogP contribution in [0.1, 0.15) is 53.5 Å². The Labute approximate surface area is 151 Å². The van der Waals surface area contributed by atoms with Crippen LogP contribution >= 0.6 is 0 Å². The highest BCUT2D eigenvalue weighted by Crippen LogP contribution is 2.26. The second kappa shape index (κ2) is 9.43. The molecule has 0 fully saturated rings. The van der Waals surface area contributed by atoms with Gasteiger partial charge in [0, 0.05) is 6.61 Å². The standard InChI is InChI=1S/C20H30N2O3/c1-7-25-20(6,11-14(2)3)19(23)22-18-9-8-17(10-16(18)12-21)24-13-15(4)5/h8-10,14-15H,7,11,13H2,1-6H3,(H,22,23). The Morgan fingerprint density at radius 2 is 1.96 bits per heavy atom. The van der Waals surface area contributed by atoms with Gasteiger partial charge in [0.25, 0.3) is 5.91 Å². The molecule has 5 heteroatoms. The number of carbonyl (C=O) groups is 1. The van der Waals surface area contributed by atoms with Crippen molar-refractivity contribution in [3.63, 3.8) is 0 Å². The zero-order valence-corrected chi connectivity index (χ0v) is 16.2. The van der Waals surface area contributed by atoms with E-state index in [0.29, 0.717) is 48.5 Å². The number of rotatable bonds is 9. The molecule has 0 aliphatic heterocycles. The molecule has 1 atom stereocenters. The minimum Gasteiger partial charge on any atom is -0.493 e. The van der Waals surface area contributed by atoms with E-state index in [9.17, 15) is 10.1 Å². The molecule has 138 valence electrons. The van der Waals surface area contributed by atoms with Gasteiger partial charge in [-0.05, 0) is 50.3 Å². The molecular weight excluding hydrogens is 316 g/mol. The quantitative estimate of drug-likeness (QED) is 0.720. The lowest BCUT2D eigenvalue weighted by Gasteiger charge is -2.30. The molecule has 0 bridgehead atoms. The smallest absolute Gasteiger partial charge is 0.256 e. The van der Waals surface area contributed by atoms with Gasteiger partial charge in [-0.15, -0.1) is 0 Å². The van der Waals surface area contributed by atoms with Gasteiger partial charge in [0.05, 0.1) is 17.9 Å². The predicted molar refractivity (Wildman–Crippen MR) is 99.6 cm³/mol. The van der Waals surface area contributed by atoms with E-state index >= 15 is 0 Å². The molecule has 0 aliphatic rings. The lowest BCUT2D eigenvalue weighted by molar-refractivity contribution is -0.140. The topological polar surface area (TPSA) is 71.3 Å². The normalized spacial score (nSPS) is 13.4. The van der Waals surface area contributed by atoms with Gasteiger partial charge in [0.2, 0.25) is 0 Å². The molecule has 0 heterocycles. The van der Waals surface area contributed by atoms with Gasteiger partial charge in [-0.3, -0.25) is 4.79 Å². The Kier molecular flexibility index (Phi) is 7.92. The van der Waals surface area contributed by atoms with Crippen molar-refractivity contribution in [3.8, 4) is 11.8 Å². The van der Waals surface area contributed by atoms with Crippen LogP contribution in [-0.4, -0.2) is 24.7 Å². The van der Waals surface area contributed by atoms with Gasteiger partial charge in [0.1, 0.15) is 17.4 Å². The molecule has 1 unspecified atom stereocenters. The Hall–Kier alpha value is -2.06. The second-order valence-corrected chi connectivity index (χ2v) is 7.24. The van der Waals surface area contributed by atoms with E-state index in [0.717, 1.165) is 0 Å². The Bertz CT molecular complexity index is 620. The fraction of sp³-hybridized carbons (Fsp3) is 0.600. The maximum Gasteiger partial charge on any atom is 0.256 e. The maximum atomic E-state index is 12.8. The van der Waals surface area contributed by atoms with Crippen LogP contribution in [0, 0.1) is 23.2 Å². The van der Waals surface area contributed by atoms with Crippen LogP contribution < -0.4 is 10.1 Å². The average Bonchev–Trinajstić information content (AvgIpc) is 2.53. The molecule has 25 heavy (non-hydrogen) atoms. The van der Waals surface area contributed by atoms with Crippen molar-refractivity contribution in [1.82, 2.24) is 0 Å². The van der Waals surface area contributed by atoms with E-state index in [4.69, 9.17) is 9.47 Å². The zero-order chi connectivity index (χ0) is 19.0. The first-order chi connectivity index (χ1) is 11.7. The molecule has 0 aliphatic carbocycles. The van der Waals surface area contributed by atoms with E-state index in [-0.39, 0.29) is 5.91 Å². The molecule has 5 nitrogen and oxygen atoms in total. The third-order valence-electron chi connectivity index (χ3n) is 3.68. The molecule has 0 radical (unpaired) electrons. The summed E-state index contributed by atoms with van der Waals surface area (Å²) in [6, 6.07) is 7.23. The molecule has 1 aromatic rings. The van der Waals surface area contributed by atoms with Crippen LogP contribution in [-0.2, 0) is 9.53 Å². The number of hydrogen-bond donors (Lipinski definition) is 1. The second-order valence-electron chi connectivity index (χ2n) is 7.24. The first kappa shape index (κ1) is 21.0. The molecule has 1 rings (SSSR count).